The average molecular weight is 346 g/mol. The summed E-state index contributed by atoms with van der Waals surface area (Å²) in [6, 6.07) is 13.8. The molecule has 0 radical (unpaired) electrons. The van der Waals surface area contributed by atoms with Crippen molar-refractivity contribution in [2.75, 3.05) is 6.61 Å². The maximum absolute atomic E-state index is 12.3. The van der Waals surface area contributed by atoms with Crippen LogP contribution in [0.1, 0.15) is 11.1 Å². The number of para-hydroxylation sites is 1. The standard InChI is InChI=1S/C17H18N2O4S/c18-24(21,22)15-7-5-12(6-8-15)10-19-17(20)14-9-13-3-1-2-4-16(13)23-11-14/h1-8,14H,9-11H2,(H,19,20)(H2,18,21,22)/t14-/m1/s1. The van der Waals surface area contributed by atoms with Crippen LogP contribution in [0.4, 0.5) is 0 Å². The van der Waals surface area contributed by atoms with Gasteiger partial charge in [-0.1, -0.05) is 30.3 Å². The number of nitrogens with two attached hydrogens (primary N) is 1. The second-order valence-electron chi connectivity index (χ2n) is 5.73. The first-order valence-corrected chi connectivity index (χ1v) is 9.08. The molecule has 3 N–H and O–H groups in total. The SMILES string of the molecule is NS(=O)(=O)c1ccc(CNC(=O)[C@H]2COc3ccccc3C2)cc1. The van der Waals surface area contributed by atoms with Gasteiger partial charge in [-0.25, -0.2) is 13.6 Å². The molecule has 0 spiro atoms. The summed E-state index contributed by atoms with van der Waals surface area (Å²) in [5, 5.41) is 7.91. The van der Waals surface area contributed by atoms with Gasteiger partial charge in [0, 0.05) is 6.54 Å². The maximum Gasteiger partial charge on any atom is 0.238 e. The van der Waals surface area contributed by atoms with Gasteiger partial charge in [0.15, 0.2) is 0 Å². The van der Waals surface area contributed by atoms with E-state index in [1.54, 1.807) is 12.1 Å². The van der Waals surface area contributed by atoms with Gasteiger partial charge in [0.05, 0.1) is 10.8 Å². The minimum Gasteiger partial charge on any atom is -0.492 e. The fraction of sp³-hybridized carbons (Fsp3) is 0.235. The zero-order valence-electron chi connectivity index (χ0n) is 12.9. The Bertz CT molecular complexity index is 847. The second kappa shape index (κ2) is 6.62. The average Bonchev–Trinajstić information content (AvgIpc) is 2.59. The minimum absolute atomic E-state index is 0.0508. The van der Waals surface area contributed by atoms with Crippen molar-refractivity contribution in [1.29, 1.82) is 0 Å². The van der Waals surface area contributed by atoms with Crippen LogP contribution in [0.3, 0.4) is 0 Å². The zero-order chi connectivity index (χ0) is 17.2. The Morgan fingerprint density at radius 2 is 1.88 bits per heavy atom. The van der Waals surface area contributed by atoms with E-state index < -0.39 is 10.0 Å². The van der Waals surface area contributed by atoms with Gasteiger partial charge in [0.1, 0.15) is 12.4 Å². The summed E-state index contributed by atoms with van der Waals surface area (Å²) in [7, 11) is -3.70. The second-order valence-corrected chi connectivity index (χ2v) is 7.29. The molecule has 2 aromatic rings. The summed E-state index contributed by atoms with van der Waals surface area (Å²) >= 11 is 0. The largest absolute Gasteiger partial charge is 0.492 e. The van der Waals surface area contributed by atoms with Crippen LogP contribution in [0.2, 0.25) is 0 Å². The summed E-state index contributed by atoms with van der Waals surface area (Å²) in [6.45, 7) is 0.676. The molecule has 7 heteroatoms. The number of carbonyl (C=O) groups is 1. The number of primary sulfonamides is 1. The highest BCUT2D eigenvalue weighted by Crippen LogP contribution is 2.26. The molecule has 3 rings (SSSR count). The molecule has 126 valence electrons. The molecule has 0 fully saturated rings. The Morgan fingerprint density at radius 3 is 2.58 bits per heavy atom. The number of hydrogen-bond donors (Lipinski definition) is 2. The molecule has 24 heavy (non-hydrogen) atoms. The van der Waals surface area contributed by atoms with Crippen molar-refractivity contribution in [3.63, 3.8) is 0 Å². The quantitative estimate of drug-likeness (QED) is 0.869. The van der Waals surface area contributed by atoms with Crippen molar-refractivity contribution in [2.24, 2.45) is 11.1 Å². The van der Waals surface area contributed by atoms with E-state index in [2.05, 4.69) is 5.32 Å². The van der Waals surface area contributed by atoms with E-state index in [9.17, 15) is 13.2 Å². The summed E-state index contributed by atoms with van der Waals surface area (Å²) < 4.78 is 28.0. The van der Waals surface area contributed by atoms with Crippen molar-refractivity contribution >= 4 is 15.9 Å². The van der Waals surface area contributed by atoms with Crippen molar-refractivity contribution in [2.45, 2.75) is 17.9 Å². The summed E-state index contributed by atoms with van der Waals surface area (Å²) in [5.41, 5.74) is 1.83. The van der Waals surface area contributed by atoms with E-state index in [0.717, 1.165) is 16.9 Å². The fourth-order valence-electron chi connectivity index (χ4n) is 2.63. The molecule has 0 unspecified atom stereocenters. The Labute approximate surface area is 140 Å². The highest BCUT2D eigenvalue weighted by molar-refractivity contribution is 7.89. The predicted octanol–water partition coefficient (Wildman–Crippen LogP) is 1.20. The van der Waals surface area contributed by atoms with Crippen LogP contribution in [0, 0.1) is 5.92 Å². The van der Waals surface area contributed by atoms with E-state index in [1.165, 1.54) is 12.1 Å². The van der Waals surface area contributed by atoms with Gasteiger partial charge >= 0.3 is 0 Å². The Balaban J connectivity index is 1.58. The van der Waals surface area contributed by atoms with Crippen molar-refractivity contribution < 1.29 is 17.9 Å². The molecule has 0 saturated carbocycles. The molecular weight excluding hydrogens is 328 g/mol. The minimum atomic E-state index is -3.70. The number of ether oxygens (including phenoxy) is 1. The highest BCUT2D eigenvalue weighted by Gasteiger charge is 2.25. The van der Waals surface area contributed by atoms with Gasteiger partial charge in [0.25, 0.3) is 0 Å². The van der Waals surface area contributed by atoms with Crippen LogP contribution in [-0.4, -0.2) is 20.9 Å². The van der Waals surface area contributed by atoms with Crippen LogP contribution >= 0.6 is 0 Å². The lowest BCUT2D eigenvalue weighted by molar-refractivity contribution is -0.126. The van der Waals surface area contributed by atoms with Gasteiger partial charge in [-0.05, 0) is 35.7 Å². The van der Waals surface area contributed by atoms with Crippen molar-refractivity contribution in [3.8, 4) is 5.75 Å². The zero-order valence-corrected chi connectivity index (χ0v) is 13.8. The van der Waals surface area contributed by atoms with Gasteiger partial charge in [-0.15, -0.1) is 0 Å². The summed E-state index contributed by atoms with van der Waals surface area (Å²) in [4.78, 5) is 12.4. The topological polar surface area (TPSA) is 98.5 Å². The third-order valence-electron chi connectivity index (χ3n) is 3.97. The molecule has 0 aliphatic carbocycles. The molecule has 1 aliphatic heterocycles. The smallest absolute Gasteiger partial charge is 0.238 e. The first-order valence-electron chi connectivity index (χ1n) is 7.53. The van der Waals surface area contributed by atoms with Crippen molar-refractivity contribution in [1.82, 2.24) is 5.32 Å². The van der Waals surface area contributed by atoms with E-state index in [1.807, 2.05) is 24.3 Å². The Hall–Kier alpha value is -2.38. The van der Waals surface area contributed by atoms with Gasteiger partial charge in [-0.3, -0.25) is 4.79 Å². The third-order valence-corrected chi connectivity index (χ3v) is 4.90. The molecule has 0 saturated heterocycles. The molecule has 1 aliphatic rings. The Morgan fingerprint density at radius 1 is 1.17 bits per heavy atom. The predicted molar refractivity (Wildman–Crippen MR) is 88.8 cm³/mol. The third kappa shape index (κ3) is 3.74. The molecule has 0 aromatic heterocycles. The van der Waals surface area contributed by atoms with Crippen molar-refractivity contribution in [3.05, 3.63) is 59.7 Å². The number of carbonyl (C=O) groups excluding carboxylic acids is 1. The highest BCUT2D eigenvalue weighted by atomic mass is 32.2. The van der Waals surface area contributed by atoms with E-state index in [-0.39, 0.29) is 16.7 Å². The lowest BCUT2D eigenvalue weighted by Gasteiger charge is -2.24. The number of amides is 1. The van der Waals surface area contributed by atoms with Gasteiger partial charge in [-0.2, -0.15) is 0 Å². The van der Waals surface area contributed by atoms with E-state index in [0.29, 0.717) is 19.6 Å². The van der Waals surface area contributed by atoms with Gasteiger partial charge in [0.2, 0.25) is 15.9 Å². The number of hydrogen-bond acceptors (Lipinski definition) is 4. The molecule has 6 nitrogen and oxygen atoms in total. The summed E-state index contributed by atoms with van der Waals surface area (Å²) in [5.74, 6) is 0.517. The van der Waals surface area contributed by atoms with Crippen LogP contribution in [0.15, 0.2) is 53.4 Å². The van der Waals surface area contributed by atoms with Gasteiger partial charge < -0.3 is 10.1 Å². The molecule has 1 heterocycles. The molecule has 1 atom stereocenters. The number of nitrogens with one attached hydrogen (secondary N) is 1. The van der Waals surface area contributed by atoms with E-state index in [4.69, 9.17) is 9.88 Å². The lowest BCUT2D eigenvalue weighted by Crippen LogP contribution is -2.37. The van der Waals surface area contributed by atoms with Crippen LogP contribution in [-0.2, 0) is 27.8 Å². The summed E-state index contributed by atoms with van der Waals surface area (Å²) in [6.07, 6.45) is 0.645. The number of rotatable bonds is 4. The maximum atomic E-state index is 12.3. The lowest BCUT2D eigenvalue weighted by atomic mass is 9.96. The van der Waals surface area contributed by atoms with Crippen LogP contribution in [0.25, 0.3) is 0 Å². The molecule has 2 aromatic carbocycles. The Kier molecular flexibility index (Phi) is 4.55. The number of sulfonamides is 1. The monoisotopic (exact) mass is 346 g/mol. The number of benzene rings is 2. The van der Waals surface area contributed by atoms with Crippen LogP contribution in [0.5, 0.6) is 5.75 Å². The molecule has 0 bridgehead atoms. The van der Waals surface area contributed by atoms with Crippen LogP contribution < -0.4 is 15.2 Å². The fourth-order valence-corrected chi connectivity index (χ4v) is 3.14. The van der Waals surface area contributed by atoms with E-state index >= 15 is 0 Å². The normalized spacial score (nSPS) is 16.8. The molecule has 1 amide bonds. The first-order chi connectivity index (χ1) is 11.4. The molecular formula is C17H18N2O4S. The number of fused-ring (bicyclic) bond motifs is 1. The first kappa shape index (κ1) is 16.5.